The molecule has 2 atom stereocenters. The van der Waals surface area contributed by atoms with Gasteiger partial charge in [-0.15, -0.1) is 0 Å². The Morgan fingerprint density at radius 3 is 1.25 bits per heavy atom. The first-order valence-corrected chi connectivity index (χ1v) is 2.66. The van der Waals surface area contributed by atoms with Gasteiger partial charge in [0.25, 0.3) is 12.7 Å². The first-order valence-electron chi connectivity index (χ1n) is 2.66. The topological polar surface area (TPSA) is 18.5 Å². The number of ether oxygens (including phenoxy) is 2. The van der Waals surface area contributed by atoms with Crippen molar-refractivity contribution < 1.29 is 35.8 Å². The normalized spacial score (nSPS) is 39.5. The van der Waals surface area contributed by atoms with E-state index >= 15 is 0 Å². The van der Waals surface area contributed by atoms with Crippen LogP contribution in [-0.4, -0.2) is 24.9 Å². The molecule has 0 N–H and O–H groups in total. The number of hydrogen-bond acceptors (Lipinski definition) is 2. The zero-order valence-corrected chi connectivity index (χ0v) is 5.24. The molecular weight excluding hydrogens is 194 g/mol. The molecule has 0 aromatic rings. The van der Waals surface area contributed by atoms with Gasteiger partial charge in [0.2, 0.25) is 0 Å². The van der Waals surface area contributed by atoms with Crippen molar-refractivity contribution >= 4 is 0 Å². The lowest BCUT2D eigenvalue weighted by Crippen LogP contribution is -2.55. The van der Waals surface area contributed by atoms with Crippen LogP contribution in [0.5, 0.6) is 0 Å². The van der Waals surface area contributed by atoms with E-state index in [0.29, 0.717) is 0 Å². The molecule has 1 aliphatic rings. The molecule has 8 heteroatoms. The van der Waals surface area contributed by atoms with Gasteiger partial charge < -0.3 is 0 Å². The van der Waals surface area contributed by atoms with Gasteiger partial charge in [-0.3, -0.25) is 9.47 Å². The van der Waals surface area contributed by atoms with Crippen LogP contribution in [0.2, 0.25) is 0 Å². The van der Waals surface area contributed by atoms with E-state index in [1.807, 2.05) is 0 Å². The van der Waals surface area contributed by atoms with E-state index in [1.54, 1.807) is 0 Å². The van der Waals surface area contributed by atoms with Crippen LogP contribution >= 0.6 is 0 Å². The second kappa shape index (κ2) is 2.49. The molecule has 0 unspecified atom stereocenters. The van der Waals surface area contributed by atoms with Crippen molar-refractivity contribution in [3.8, 4) is 0 Å². The van der Waals surface area contributed by atoms with Crippen LogP contribution in [-0.2, 0) is 9.47 Å². The monoisotopic (exact) mass is 196 g/mol. The molecule has 72 valence electrons. The molecule has 0 amide bonds. The Balaban J connectivity index is 2.80. The summed E-state index contributed by atoms with van der Waals surface area (Å²) in [5, 5.41) is 0. The minimum Gasteiger partial charge on any atom is -0.273 e. The summed E-state index contributed by atoms with van der Waals surface area (Å²) in [6, 6.07) is 0. The van der Waals surface area contributed by atoms with Crippen molar-refractivity contribution in [2.75, 3.05) is 0 Å². The number of rotatable bonds is 0. The summed E-state index contributed by atoms with van der Waals surface area (Å²) in [7, 11) is 0. The fourth-order valence-corrected chi connectivity index (χ4v) is 0.527. The molecule has 0 saturated carbocycles. The van der Waals surface area contributed by atoms with Gasteiger partial charge in [0.1, 0.15) is 0 Å². The average Bonchev–Trinajstić information content (AvgIpc) is 1.82. The van der Waals surface area contributed by atoms with Gasteiger partial charge in [0.05, 0.1) is 0 Å². The highest BCUT2D eigenvalue weighted by Gasteiger charge is 2.67. The van der Waals surface area contributed by atoms with Gasteiger partial charge in [0, 0.05) is 0 Å². The second-order valence-electron chi connectivity index (χ2n) is 1.97. The molecule has 2 nitrogen and oxygen atoms in total. The molecule has 0 aliphatic carbocycles. The van der Waals surface area contributed by atoms with Crippen molar-refractivity contribution in [2.24, 2.45) is 0 Å². The van der Waals surface area contributed by atoms with Gasteiger partial charge in [-0.05, 0) is 0 Å². The summed E-state index contributed by atoms with van der Waals surface area (Å²) in [5.74, 6) is 0. The number of halogens is 6. The molecule has 0 aromatic heterocycles. The SMILES string of the molecule is F[C@@H]1OC(F)(F)C(F)(F)O[C@H]1F. The van der Waals surface area contributed by atoms with E-state index in [2.05, 4.69) is 9.47 Å². The Bertz CT molecular complexity index is 162. The summed E-state index contributed by atoms with van der Waals surface area (Å²) in [6.45, 7) is 0. The predicted octanol–water partition coefficient (Wildman–Crippen LogP) is 1.81. The Hall–Kier alpha value is -0.500. The summed E-state index contributed by atoms with van der Waals surface area (Å²) >= 11 is 0. The van der Waals surface area contributed by atoms with E-state index in [-0.39, 0.29) is 0 Å². The summed E-state index contributed by atoms with van der Waals surface area (Å²) < 4.78 is 76.9. The van der Waals surface area contributed by atoms with Crippen LogP contribution in [0.15, 0.2) is 0 Å². The zero-order valence-electron chi connectivity index (χ0n) is 5.24. The number of hydrogen-bond donors (Lipinski definition) is 0. The average molecular weight is 196 g/mol. The molecule has 1 fully saturated rings. The van der Waals surface area contributed by atoms with Gasteiger partial charge in [0.15, 0.2) is 0 Å². The maximum atomic E-state index is 11.9. The fourth-order valence-electron chi connectivity index (χ4n) is 0.527. The van der Waals surface area contributed by atoms with Crippen LogP contribution < -0.4 is 0 Å². The third-order valence-corrected chi connectivity index (χ3v) is 1.07. The molecule has 0 spiro atoms. The van der Waals surface area contributed by atoms with E-state index < -0.39 is 24.9 Å². The van der Waals surface area contributed by atoms with Crippen LogP contribution in [0.1, 0.15) is 0 Å². The summed E-state index contributed by atoms with van der Waals surface area (Å²) in [4.78, 5) is 0. The quantitative estimate of drug-likeness (QED) is 0.550. The smallest absolute Gasteiger partial charge is 0.273 e. The van der Waals surface area contributed by atoms with E-state index in [1.165, 1.54) is 0 Å². The lowest BCUT2D eigenvalue weighted by molar-refractivity contribution is -0.514. The van der Waals surface area contributed by atoms with Crippen LogP contribution in [0.3, 0.4) is 0 Å². The fraction of sp³-hybridized carbons (Fsp3) is 1.00. The van der Waals surface area contributed by atoms with Crippen molar-refractivity contribution in [3.63, 3.8) is 0 Å². The molecule has 1 heterocycles. The standard InChI is InChI=1S/C4H2F6O2/c5-1-2(6)12-4(9,10)3(7,8)11-1/h1-2H/t1-,2-/m1/s1. The van der Waals surface area contributed by atoms with Gasteiger partial charge in [-0.25, -0.2) is 8.78 Å². The number of alkyl halides is 6. The third-order valence-electron chi connectivity index (χ3n) is 1.07. The Labute approximate surface area is 62.0 Å². The molecule has 1 rings (SSSR count). The van der Waals surface area contributed by atoms with E-state index in [9.17, 15) is 26.3 Å². The van der Waals surface area contributed by atoms with Crippen LogP contribution in [0.4, 0.5) is 26.3 Å². The maximum Gasteiger partial charge on any atom is 0.451 e. The molecule has 0 aromatic carbocycles. The van der Waals surface area contributed by atoms with Gasteiger partial charge in [-0.2, -0.15) is 17.6 Å². The lowest BCUT2D eigenvalue weighted by atomic mass is 10.5. The molecule has 12 heavy (non-hydrogen) atoms. The second-order valence-corrected chi connectivity index (χ2v) is 1.97. The highest BCUT2D eigenvalue weighted by atomic mass is 19.3. The first kappa shape index (κ1) is 9.59. The lowest BCUT2D eigenvalue weighted by Gasteiger charge is -2.33. The van der Waals surface area contributed by atoms with Crippen molar-refractivity contribution in [1.29, 1.82) is 0 Å². The first-order chi connectivity index (χ1) is 5.26. The van der Waals surface area contributed by atoms with Crippen LogP contribution in [0, 0.1) is 0 Å². The predicted molar refractivity (Wildman–Crippen MR) is 21.9 cm³/mol. The van der Waals surface area contributed by atoms with Gasteiger partial charge >= 0.3 is 12.2 Å². The van der Waals surface area contributed by atoms with Crippen LogP contribution in [0.25, 0.3) is 0 Å². The summed E-state index contributed by atoms with van der Waals surface area (Å²) in [5.41, 5.74) is 0. The zero-order chi connectivity index (χ0) is 9.57. The highest BCUT2D eigenvalue weighted by Crippen LogP contribution is 2.43. The molecule has 0 radical (unpaired) electrons. The van der Waals surface area contributed by atoms with Crippen molar-refractivity contribution in [2.45, 2.75) is 24.9 Å². The highest BCUT2D eigenvalue weighted by molar-refractivity contribution is 4.73. The Kier molecular flexibility index (Phi) is 1.99. The minimum atomic E-state index is -5.14. The molecule has 1 aliphatic heterocycles. The Morgan fingerprint density at radius 1 is 0.750 bits per heavy atom. The summed E-state index contributed by atoms with van der Waals surface area (Å²) in [6.07, 6.45) is -16.7. The maximum absolute atomic E-state index is 11.9. The Morgan fingerprint density at radius 2 is 1.00 bits per heavy atom. The van der Waals surface area contributed by atoms with Crippen molar-refractivity contribution in [3.05, 3.63) is 0 Å². The van der Waals surface area contributed by atoms with E-state index in [4.69, 9.17) is 0 Å². The molecule has 1 saturated heterocycles. The minimum absolute atomic E-state index is 2.75. The van der Waals surface area contributed by atoms with Gasteiger partial charge in [-0.1, -0.05) is 0 Å². The van der Waals surface area contributed by atoms with Crippen molar-refractivity contribution in [1.82, 2.24) is 0 Å². The molecule has 0 bridgehead atoms. The van der Waals surface area contributed by atoms with E-state index in [0.717, 1.165) is 0 Å². The largest absolute Gasteiger partial charge is 0.451 e. The third kappa shape index (κ3) is 1.36. The molecular formula is C4H2F6O2.